The van der Waals surface area contributed by atoms with Crippen LogP contribution in [0.25, 0.3) is 0 Å². The Kier molecular flexibility index (Phi) is 5.17. The van der Waals surface area contributed by atoms with Gasteiger partial charge in [-0.1, -0.05) is 32.0 Å². The Morgan fingerprint density at radius 1 is 1.16 bits per heavy atom. The molecule has 4 heterocycles. The molecule has 2 aliphatic heterocycles. The number of carbonyl (C=O) groups excluding carboxylic acids is 2. The molecule has 0 spiro atoms. The summed E-state index contributed by atoms with van der Waals surface area (Å²) in [5, 5.41) is 5.37. The predicted octanol–water partition coefficient (Wildman–Crippen LogP) is 4.61. The highest BCUT2D eigenvalue weighted by molar-refractivity contribution is 7.13. The first-order valence-electron chi connectivity index (χ1n) is 10.7. The van der Waals surface area contributed by atoms with Crippen LogP contribution in [0.5, 0.6) is 11.6 Å². The first-order valence-corrected chi connectivity index (χ1v) is 11.6. The molecule has 1 aromatic carbocycles. The van der Waals surface area contributed by atoms with Gasteiger partial charge < -0.3 is 15.0 Å². The Hall–Kier alpha value is -3.26. The minimum absolute atomic E-state index is 0.112. The molecule has 1 N–H and O–H groups in total. The molecule has 164 valence electrons. The van der Waals surface area contributed by atoms with Crippen molar-refractivity contribution in [3.63, 3.8) is 0 Å². The zero-order valence-electron chi connectivity index (χ0n) is 18.0. The van der Waals surface area contributed by atoms with Gasteiger partial charge >= 0.3 is 0 Å². The first kappa shape index (κ1) is 20.6. The summed E-state index contributed by atoms with van der Waals surface area (Å²) in [6, 6.07) is 11.8. The number of hydrogen-bond acceptors (Lipinski definition) is 7. The van der Waals surface area contributed by atoms with E-state index in [1.165, 1.54) is 11.3 Å². The van der Waals surface area contributed by atoms with Gasteiger partial charge in [0.15, 0.2) is 5.13 Å². The Morgan fingerprint density at radius 3 is 2.69 bits per heavy atom. The van der Waals surface area contributed by atoms with Crippen molar-refractivity contribution in [3.8, 4) is 11.6 Å². The molecule has 0 saturated carbocycles. The minimum atomic E-state index is -0.791. The summed E-state index contributed by atoms with van der Waals surface area (Å²) in [5.41, 5.74) is 1.04. The van der Waals surface area contributed by atoms with Gasteiger partial charge in [0.1, 0.15) is 17.4 Å². The lowest BCUT2D eigenvalue weighted by Gasteiger charge is -2.38. The fourth-order valence-corrected chi connectivity index (χ4v) is 4.96. The summed E-state index contributed by atoms with van der Waals surface area (Å²) in [7, 11) is 0. The van der Waals surface area contributed by atoms with E-state index in [-0.39, 0.29) is 17.6 Å². The standard InChI is InChI=1S/C24H24N4O3S/c1-24(2,22(30)27-23-25-11-14-32-23)20-16-5-3-4-6-18(16)31-21-17(20)7-8-19(26-21)28-12-9-15(29)10-13-28/h3-8,11,14,20H,9-10,12-13H2,1-2H3,(H,25,27,30)/t20-/m0/s1. The van der Waals surface area contributed by atoms with Gasteiger partial charge in [-0.25, -0.2) is 4.98 Å². The molecular weight excluding hydrogens is 424 g/mol. The van der Waals surface area contributed by atoms with E-state index in [0.717, 1.165) is 16.9 Å². The van der Waals surface area contributed by atoms with Crippen LogP contribution in [0.4, 0.5) is 10.9 Å². The highest BCUT2D eigenvalue weighted by atomic mass is 32.1. The van der Waals surface area contributed by atoms with Crippen LogP contribution in [-0.4, -0.2) is 34.7 Å². The van der Waals surface area contributed by atoms with Crippen molar-refractivity contribution < 1.29 is 14.3 Å². The summed E-state index contributed by atoms with van der Waals surface area (Å²) in [6.07, 6.45) is 2.75. The average Bonchev–Trinajstić information content (AvgIpc) is 3.30. The number of pyridine rings is 1. The maximum atomic E-state index is 13.4. The lowest BCUT2D eigenvalue weighted by molar-refractivity contribution is -0.124. The van der Waals surface area contributed by atoms with E-state index < -0.39 is 5.41 Å². The number of piperidine rings is 1. The van der Waals surface area contributed by atoms with Gasteiger partial charge in [-0.15, -0.1) is 11.3 Å². The van der Waals surface area contributed by atoms with Crippen LogP contribution in [0.2, 0.25) is 0 Å². The number of fused-ring (bicyclic) bond motifs is 2. The minimum Gasteiger partial charge on any atom is -0.438 e. The van der Waals surface area contributed by atoms with E-state index >= 15 is 0 Å². The van der Waals surface area contributed by atoms with Crippen LogP contribution in [-0.2, 0) is 9.59 Å². The van der Waals surface area contributed by atoms with E-state index in [1.807, 2.05) is 55.6 Å². The number of thiazole rings is 1. The number of para-hydroxylation sites is 1. The van der Waals surface area contributed by atoms with Gasteiger partial charge in [0.05, 0.1) is 5.41 Å². The van der Waals surface area contributed by atoms with Crippen molar-refractivity contribution in [3.05, 3.63) is 59.1 Å². The Balaban J connectivity index is 1.53. The second kappa shape index (κ2) is 8.02. The molecule has 1 amide bonds. The highest BCUT2D eigenvalue weighted by Crippen LogP contribution is 2.52. The largest absolute Gasteiger partial charge is 0.438 e. The average molecular weight is 449 g/mol. The first-order chi connectivity index (χ1) is 15.4. The van der Waals surface area contributed by atoms with Crippen LogP contribution in [0.1, 0.15) is 43.7 Å². The second-order valence-corrected chi connectivity index (χ2v) is 9.57. The molecule has 0 aliphatic carbocycles. The van der Waals surface area contributed by atoms with Gasteiger partial charge in [-0.2, -0.15) is 4.98 Å². The number of anilines is 2. The number of aromatic nitrogens is 2. The molecule has 5 rings (SSSR count). The molecular formula is C24H24N4O3S. The predicted molar refractivity (Wildman–Crippen MR) is 124 cm³/mol. The van der Waals surface area contributed by atoms with Crippen molar-refractivity contribution >= 4 is 34.0 Å². The molecule has 3 aromatic rings. The van der Waals surface area contributed by atoms with Crippen LogP contribution >= 0.6 is 11.3 Å². The number of nitrogens with one attached hydrogen (secondary N) is 1. The molecule has 32 heavy (non-hydrogen) atoms. The zero-order valence-corrected chi connectivity index (χ0v) is 18.8. The lowest BCUT2D eigenvalue weighted by Crippen LogP contribution is -2.38. The molecule has 0 bridgehead atoms. The third kappa shape index (κ3) is 3.64. The summed E-state index contributed by atoms with van der Waals surface area (Å²) in [4.78, 5) is 36.1. The normalized spacial score (nSPS) is 17.9. The summed E-state index contributed by atoms with van der Waals surface area (Å²) >= 11 is 1.39. The molecule has 8 heteroatoms. The van der Waals surface area contributed by atoms with Crippen molar-refractivity contribution in [2.45, 2.75) is 32.6 Å². The fourth-order valence-electron chi connectivity index (χ4n) is 4.44. The van der Waals surface area contributed by atoms with Crippen molar-refractivity contribution in [1.29, 1.82) is 0 Å². The van der Waals surface area contributed by atoms with E-state index in [4.69, 9.17) is 9.72 Å². The van der Waals surface area contributed by atoms with Crippen molar-refractivity contribution in [2.24, 2.45) is 5.41 Å². The summed E-state index contributed by atoms with van der Waals surface area (Å²) < 4.78 is 6.19. The van der Waals surface area contributed by atoms with Gasteiger partial charge in [0.25, 0.3) is 0 Å². The number of Topliss-reactive ketones (excluding diaryl/α,β-unsaturated/α-hetero) is 1. The van der Waals surface area contributed by atoms with Gasteiger partial charge in [0.2, 0.25) is 11.8 Å². The molecule has 2 aromatic heterocycles. The third-order valence-corrected chi connectivity index (χ3v) is 6.92. The quantitative estimate of drug-likeness (QED) is 0.627. The number of ketones is 1. The Morgan fingerprint density at radius 2 is 1.94 bits per heavy atom. The fraction of sp³-hybridized carbons (Fsp3) is 0.333. The molecule has 0 unspecified atom stereocenters. The topological polar surface area (TPSA) is 84.4 Å². The van der Waals surface area contributed by atoms with Crippen molar-refractivity contribution in [2.75, 3.05) is 23.3 Å². The number of benzene rings is 1. The third-order valence-electron chi connectivity index (χ3n) is 6.23. The van der Waals surface area contributed by atoms with Crippen LogP contribution in [0.15, 0.2) is 48.0 Å². The number of ether oxygens (including phenoxy) is 1. The number of hydrogen-bond donors (Lipinski definition) is 1. The number of carbonyl (C=O) groups is 2. The molecule has 1 atom stereocenters. The molecule has 1 fully saturated rings. The molecule has 0 radical (unpaired) electrons. The monoisotopic (exact) mass is 448 g/mol. The van der Waals surface area contributed by atoms with Crippen LogP contribution in [0.3, 0.4) is 0 Å². The summed E-state index contributed by atoms with van der Waals surface area (Å²) in [5.74, 6) is 1.94. The number of nitrogens with zero attached hydrogens (tertiary/aromatic N) is 3. The second-order valence-electron chi connectivity index (χ2n) is 8.68. The van der Waals surface area contributed by atoms with Gasteiger partial charge in [-0.3, -0.25) is 9.59 Å². The zero-order chi connectivity index (χ0) is 22.3. The van der Waals surface area contributed by atoms with E-state index in [1.54, 1.807) is 6.20 Å². The molecule has 7 nitrogen and oxygen atoms in total. The SMILES string of the molecule is CC(C)(C(=O)Nc1nccs1)[C@H]1c2ccccc2Oc2nc(N3CCC(=O)CC3)ccc21. The smallest absolute Gasteiger partial charge is 0.232 e. The van der Waals surface area contributed by atoms with Gasteiger partial charge in [-0.05, 0) is 18.2 Å². The Bertz CT molecular complexity index is 1170. The van der Waals surface area contributed by atoms with Crippen LogP contribution in [0, 0.1) is 5.41 Å². The maximum absolute atomic E-state index is 13.4. The van der Waals surface area contributed by atoms with Crippen molar-refractivity contribution in [1.82, 2.24) is 9.97 Å². The Labute approximate surface area is 190 Å². The van der Waals surface area contributed by atoms with Crippen LogP contribution < -0.4 is 15.0 Å². The van der Waals surface area contributed by atoms with Gasteiger partial charge in [0, 0.05) is 54.6 Å². The molecule has 2 aliphatic rings. The lowest BCUT2D eigenvalue weighted by atomic mass is 9.70. The maximum Gasteiger partial charge on any atom is 0.232 e. The summed E-state index contributed by atoms with van der Waals surface area (Å²) in [6.45, 7) is 5.20. The van der Waals surface area contributed by atoms with E-state index in [9.17, 15) is 9.59 Å². The van der Waals surface area contributed by atoms with E-state index in [2.05, 4.69) is 15.2 Å². The number of rotatable bonds is 4. The van der Waals surface area contributed by atoms with E-state index in [0.29, 0.717) is 42.7 Å². The number of amides is 1. The highest BCUT2D eigenvalue weighted by Gasteiger charge is 2.44. The molecule has 1 saturated heterocycles.